The zero-order valence-electron chi connectivity index (χ0n) is 15.4. The summed E-state index contributed by atoms with van der Waals surface area (Å²) in [4.78, 5) is 12.3. The molecule has 0 saturated carbocycles. The van der Waals surface area contributed by atoms with E-state index < -0.39 is 0 Å². The summed E-state index contributed by atoms with van der Waals surface area (Å²) in [6.07, 6.45) is 3.13. The SMILES string of the molecule is CC(NC(=O)C1CCCCN1)c1ccc(OCc2ccc(F)cc2)cc1.Cl. The van der Waals surface area contributed by atoms with E-state index in [9.17, 15) is 9.18 Å². The molecule has 0 bridgehead atoms. The Kier molecular flexibility index (Phi) is 8.07. The minimum Gasteiger partial charge on any atom is -0.489 e. The Morgan fingerprint density at radius 2 is 1.89 bits per heavy atom. The van der Waals surface area contributed by atoms with Gasteiger partial charge in [0.2, 0.25) is 5.91 Å². The van der Waals surface area contributed by atoms with Crippen LogP contribution < -0.4 is 15.4 Å². The van der Waals surface area contributed by atoms with Crippen LogP contribution in [0.15, 0.2) is 48.5 Å². The molecule has 1 saturated heterocycles. The molecule has 3 rings (SSSR count). The highest BCUT2D eigenvalue weighted by molar-refractivity contribution is 5.85. The van der Waals surface area contributed by atoms with Crippen LogP contribution in [0.1, 0.15) is 43.4 Å². The first-order chi connectivity index (χ1) is 12.6. The van der Waals surface area contributed by atoms with Gasteiger partial charge in [-0.2, -0.15) is 0 Å². The van der Waals surface area contributed by atoms with E-state index in [0.717, 1.165) is 42.7 Å². The molecule has 1 aliphatic rings. The molecule has 2 atom stereocenters. The number of hydrogen-bond acceptors (Lipinski definition) is 3. The molecular weight excluding hydrogens is 367 g/mol. The summed E-state index contributed by atoms with van der Waals surface area (Å²) in [7, 11) is 0. The molecule has 1 fully saturated rings. The third kappa shape index (κ3) is 6.22. The van der Waals surface area contributed by atoms with Gasteiger partial charge in [0.05, 0.1) is 12.1 Å². The summed E-state index contributed by atoms with van der Waals surface area (Å²) in [5, 5.41) is 6.34. The number of ether oxygens (including phenoxy) is 1. The van der Waals surface area contributed by atoms with Gasteiger partial charge in [0.15, 0.2) is 0 Å². The van der Waals surface area contributed by atoms with Crippen molar-refractivity contribution in [2.45, 2.75) is 44.9 Å². The lowest BCUT2D eigenvalue weighted by atomic mass is 10.0. The second-order valence-electron chi connectivity index (χ2n) is 6.72. The van der Waals surface area contributed by atoms with Crippen LogP contribution in [-0.4, -0.2) is 18.5 Å². The normalized spacial score (nSPS) is 17.5. The van der Waals surface area contributed by atoms with E-state index in [2.05, 4.69) is 10.6 Å². The van der Waals surface area contributed by atoms with Crippen molar-refractivity contribution in [2.75, 3.05) is 6.54 Å². The number of benzene rings is 2. The van der Waals surface area contributed by atoms with E-state index in [-0.39, 0.29) is 36.2 Å². The maximum atomic E-state index is 12.9. The van der Waals surface area contributed by atoms with E-state index in [1.54, 1.807) is 12.1 Å². The van der Waals surface area contributed by atoms with Gasteiger partial charge in [-0.25, -0.2) is 4.39 Å². The van der Waals surface area contributed by atoms with Crippen LogP contribution in [0.4, 0.5) is 4.39 Å². The fourth-order valence-electron chi connectivity index (χ4n) is 3.07. The molecule has 2 unspecified atom stereocenters. The van der Waals surface area contributed by atoms with E-state index >= 15 is 0 Å². The van der Waals surface area contributed by atoms with Crippen LogP contribution in [0.25, 0.3) is 0 Å². The molecule has 0 spiro atoms. The molecule has 1 heterocycles. The summed E-state index contributed by atoms with van der Waals surface area (Å²) in [6, 6.07) is 13.8. The van der Waals surface area contributed by atoms with Crippen molar-refractivity contribution in [3.63, 3.8) is 0 Å². The monoisotopic (exact) mass is 392 g/mol. The lowest BCUT2D eigenvalue weighted by molar-refractivity contribution is -0.124. The van der Waals surface area contributed by atoms with Crippen LogP contribution in [0.5, 0.6) is 5.75 Å². The quantitative estimate of drug-likeness (QED) is 0.776. The van der Waals surface area contributed by atoms with Crippen LogP contribution in [0, 0.1) is 5.82 Å². The van der Waals surface area contributed by atoms with Gasteiger partial charge in [0.25, 0.3) is 0 Å². The van der Waals surface area contributed by atoms with Gasteiger partial charge < -0.3 is 15.4 Å². The molecular formula is C21H26ClFN2O2. The molecule has 1 aliphatic heterocycles. The second-order valence-corrected chi connectivity index (χ2v) is 6.72. The molecule has 2 aromatic carbocycles. The lowest BCUT2D eigenvalue weighted by Gasteiger charge is -2.24. The van der Waals surface area contributed by atoms with Crippen molar-refractivity contribution in [1.82, 2.24) is 10.6 Å². The summed E-state index contributed by atoms with van der Waals surface area (Å²) in [5.41, 5.74) is 1.94. The molecule has 146 valence electrons. The third-order valence-corrected chi connectivity index (χ3v) is 4.68. The third-order valence-electron chi connectivity index (χ3n) is 4.68. The number of nitrogens with one attached hydrogen (secondary N) is 2. The molecule has 0 aromatic heterocycles. The second kappa shape index (κ2) is 10.3. The van der Waals surface area contributed by atoms with E-state index in [0.29, 0.717) is 6.61 Å². The number of piperidine rings is 1. The van der Waals surface area contributed by atoms with Gasteiger partial charge in [-0.05, 0) is 61.7 Å². The lowest BCUT2D eigenvalue weighted by Crippen LogP contribution is -2.47. The number of carbonyl (C=O) groups excluding carboxylic acids is 1. The maximum Gasteiger partial charge on any atom is 0.237 e. The first-order valence-electron chi connectivity index (χ1n) is 9.13. The predicted octanol–water partition coefficient (Wildman–Crippen LogP) is 4.15. The van der Waals surface area contributed by atoms with Crippen molar-refractivity contribution >= 4 is 18.3 Å². The minimum absolute atomic E-state index is 0. The number of carbonyl (C=O) groups is 1. The Hall–Kier alpha value is -2.11. The molecule has 2 aromatic rings. The van der Waals surface area contributed by atoms with Crippen LogP contribution in [-0.2, 0) is 11.4 Å². The van der Waals surface area contributed by atoms with Crippen molar-refractivity contribution < 1.29 is 13.9 Å². The first-order valence-corrected chi connectivity index (χ1v) is 9.13. The molecule has 2 N–H and O–H groups in total. The fourth-order valence-corrected chi connectivity index (χ4v) is 3.07. The standard InChI is InChI=1S/C21H25FN2O2.ClH/c1-15(24-21(25)20-4-2-3-13-23-20)17-7-11-19(12-8-17)26-14-16-5-9-18(22)10-6-16;/h5-12,15,20,23H,2-4,13-14H2,1H3,(H,24,25);1H. The van der Waals surface area contributed by atoms with Crippen LogP contribution >= 0.6 is 12.4 Å². The Labute approximate surface area is 165 Å². The molecule has 0 radical (unpaired) electrons. The van der Waals surface area contributed by atoms with Gasteiger partial charge in [-0.1, -0.05) is 30.7 Å². The molecule has 4 nitrogen and oxygen atoms in total. The highest BCUT2D eigenvalue weighted by Gasteiger charge is 2.21. The fraction of sp³-hybridized carbons (Fsp3) is 0.381. The van der Waals surface area contributed by atoms with Gasteiger partial charge in [-0.15, -0.1) is 12.4 Å². The highest BCUT2D eigenvalue weighted by Crippen LogP contribution is 2.19. The molecule has 0 aliphatic carbocycles. The van der Waals surface area contributed by atoms with Gasteiger partial charge in [0.1, 0.15) is 18.2 Å². The molecule has 6 heteroatoms. The van der Waals surface area contributed by atoms with Gasteiger partial charge >= 0.3 is 0 Å². The zero-order chi connectivity index (χ0) is 18.4. The van der Waals surface area contributed by atoms with Crippen molar-refractivity contribution in [2.24, 2.45) is 0 Å². The Morgan fingerprint density at radius 1 is 1.19 bits per heavy atom. The highest BCUT2D eigenvalue weighted by atomic mass is 35.5. The number of halogens is 2. The predicted molar refractivity (Wildman–Crippen MR) is 107 cm³/mol. The summed E-state index contributed by atoms with van der Waals surface area (Å²) in [5.74, 6) is 0.553. The van der Waals surface area contributed by atoms with E-state index in [1.807, 2.05) is 31.2 Å². The van der Waals surface area contributed by atoms with Crippen LogP contribution in [0.2, 0.25) is 0 Å². The van der Waals surface area contributed by atoms with Crippen LogP contribution in [0.3, 0.4) is 0 Å². The van der Waals surface area contributed by atoms with Crippen molar-refractivity contribution in [3.8, 4) is 5.75 Å². The molecule has 27 heavy (non-hydrogen) atoms. The summed E-state index contributed by atoms with van der Waals surface area (Å²) >= 11 is 0. The Bertz CT molecular complexity index is 716. The van der Waals surface area contributed by atoms with E-state index in [1.165, 1.54) is 12.1 Å². The number of rotatable bonds is 6. The summed E-state index contributed by atoms with van der Waals surface area (Å²) in [6.45, 7) is 3.28. The van der Waals surface area contributed by atoms with Gasteiger partial charge in [0, 0.05) is 0 Å². The summed E-state index contributed by atoms with van der Waals surface area (Å²) < 4.78 is 18.6. The minimum atomic E-state index is -0.252. The first kappa shape index (κ1) is 21.2. The number of amides is 1. The smallest absolute Gasteiger partial charge is 0.237 e. The van der Waals surface area contributed by atoms with Crippen molar-refractivity contribution in [3.05, 3.63) is 65.5 Å². The average molecular weight is 393 g/mol. The van der Waals surface area contributed by atoms with E-state index in [4.69, 9.17) is 4.74 Å². The maximum absolute atomic E-state index is 12.9. The van der Waals surface area contributed by atoms with Gasteiger partial charge in [-0.3, -0.25) is 4.79 Å². The number of hydrogen-bond donors (Lipinski definition) is 2. The Morgan fingerprint density at radius 3 is 2.52 bits per heavy atom. The largest absolute Gasteiger partial charge is 0.489 e. The average Bonchev–Trinajstić information content (AvgIpc) is 2.68. The topological polar surface area (TPSA) is 50.4 Å². The van der Waals surface area contributed by atoms with Crippen molar-refractivity contribution in [1.29, 1.82) is 0 Å². The zero-order valence-corrected chi connectivity index (χ0v) is 16.2. The molecule has 1 amide bonds. The Balaban J connectivity index is 0.00000261.